The van der Waals surface area contributed by atoms with Gasteiger partial charge in [-0.1, -0.05) is 179 Å². The monoisotopic (exact) mass is 1100 g/mol. The van der Waals surface area contributed by atoms with Crippen LogP contribution >= 0.6 is 15.6 Å². The van der Waals surface area contributed by atoms with Gasteiger partial charge in [0.15, 0.2) is 18.1 Å². The lowest BCUT2D eigenvalue weighted by molar-refractivity contribution is -0.161. The first-order valence-corrected chi connectivity index (χ1v) is 30.5. The topological polar surface area (TPSA) is 283 Å². The molecule has 1 fully saturated rings. The van der Waals surface area contributed by atoms with Gasteiger partial charge in [-0.25, -0.2) is 13.9 Å². The number of anilines is 1. The highest BCUT2D eigenvalue weighted by Gasteiger charge is 2.46. The van der Waals surface area contributed by atoms with Crippen LogP contribution < -0.4 is 11.4 Å². The number of phosphoric ester groups is 2. The highest BCUT2D eigenvalue weighted by molar-refractivity contribution is 7.61. The Kier molecular flexibility index (Phi) is 36.5. The van der Waals surface area contributed by atoms with Crippen LogP contribution in [0.15, 0.2) is 65.7 Å². The van der Waals surface area contributed by atoms with E-state index in [1.807, 2.05) is 12.2 Å². The summed E-state index contributed by atoms with van der Waals surface area (Å²) in [6.07, 6.45) is 34.8. The average molecular weight is 1100 g/mol. The Labute approximate surface area is 446 Å². The van der Waals surface area contributed by atoms with Crippen LogP contribution in [0.1, 0.15) is 200 Å². The van der Waals surface area contributed by atoms with Gasteiger partial charge in [0.1, 0.15) is 30.7 Å². The fourth-order valence-electron chi connectivity index (χ4n) is 8.04. The van der Waals surface area contributed by atoms with Crippen LogP contribution in [0.4, 0.5) is 5.82 Å². The zero-order chi connectivity index (χ0) is 55.2. The molecule has 19 nitrogen and oxygen atoms in total. The van der Waals surface area contributed by atoms with Crippen LogP contribution in [0.5, 0.6) is 0 Å². The summed E-state index contributed by atoms with van der Waals surface area (Å²) in [6, 6.07) is 1.24. The number of rotatable bonds is 45. The van der Waals surface area contributed by atoms with E-state index in [2.05, 4.69) is 48.3 Å². The number of hydrogen-bond donors (Lipinski definition) is 5. The highest BCUT2D eigenvalue weighted by atomic mass is 31.3. The minimum absolute atomic E-state index is 0.0181. The number of nitrogen functional groups attached to an aromatic ring is 1. The Bertz CT molecular complexity index is 2030. The number of phosphoric acid groups is 2. The van der Waals surface area contributed by atoms with Crippen molar-refractivity contribution in [3.05, 3.63) is 71.4 Å². The molecule has 1 aromatic heterocycles. The van der Waals surface area contributed by atoms with E-state index in [9.17, 15) is 48.3 Å². The number of aliphatic hydroxyl groups is 2. The second kappa shape index (κ2) is 40.6. The minimum atomic E-state index is -5.49. The maximum Gasteiger partial charge on any atom is 0.481 e. The van der Waals surface area contributed by atoms with Crippen LogP contribution in [-0.2, 0) is 51.1 Å². The van der Waals surface area contributed by atoms with Crippen molar-refractivity contribution in [2.24, 2.45) is 5.92 Å². The Morgan fingerprint density at radius 3 is 1.91 bits per heavy atom. The van der Waals surface area contributed by atoms with Gasteiger partial charge in [0.05, 0.1) is 13.2 Å². The van der Waals surface area contributed by atoms with E-state index in [1.165, 1.54) is 108 Å². The van der Waals surface area contributed by atoms with Crippen molar-refractivity contribution in [1.82, 2.24) is 9.55 Å². The molecular formula is C54H91N3O16P2. The van der Waals surface area contributed by atoms with Crippen molar-refractivity contribution in [1.29, 1.82) is 0 Å². The van der Waals surface area contributed by atoms with Crippen molar-refractivity contribution in [2.75, 3.05) is 25.6 Å². The lowest BCUT2D eigenvalue weighted by Gasteiger charge is -2.21. The molecule has 0 aliphatic carbocycles. The van der Waals surface area contributed by atoms with Gasteiger partial charge in [0, 0.05) is 25.5 Å². The first kappa shape index (κ1) is 67.5. The number of ketones is 1. The number of esters is 2. The molecule has 0 amide bonds. The molecule has 7 atom stereocenters. The summed E-state index contributed by atoms with van der Waals surface area (Å²) in [4.78, 5) is 74.4. The summed E-state index contributed by atoms with van der Waals surface area (Å²) >= 11 is 0. The molecule has 6 N–H and O–H groups in total. The fourth-order valence-corrected chi connectivity index (χ4v) is 10.2. The van der Waals surface area contributed by atoms with E-state index in [4.69, 9.17) is 29.0 Å². The Hall–Kier alpha value is -3.61. The number of carbonyl (C=O) groups is 3. The van der Waals surface area contributed by atoms with Gasteiger partial charge in [-0.05, 0) is 56.6 Å². The molecule has 2 unspecified atom stereocenters. The highest BCUT2D eigenvalue weighted by Crippen LogP contribution is 2.60. The molecule has 2 heterocycles. The maximum absolute atomic E-state index is 12.9. The molecule has 1 aromatic rings. The fraction of sp³-hybridized carbons (Fsp3) is 0.722. The quantitative estimate of drug-likeness (QED) is 0.0101. The summed E-state index contributed by atoms with van der Waals surface area (Å²) < 4.78 is 56.6. The van der Waals surface area contributed by atoms with Gasteiger partial charge < -0.3 is 39.9 Å². The number of nitrogens with two attached hydrogens (primary N) is 1. The average Bonchev–Trinajstić information content (AvgIpc) is 3.63. The van der Waals surface area contributed by atoms with Gasteiger partial charge in [-0.2, -0.15) is 9.29 Å². The van der Waals surface area contributed by atoms with Crippen LogP contribution in [0.3, 0.4) is 0 Å². The van der Waals surface area contributed by atoms with E-state index >= 15 is 0 Å². The number of hydrogen-bond acceptors (Lipinski definition) is 16. The zero-order valence-electron chi connectivity index (χ0n) is 45.0. The number of aromatic nitrogens is 2. The van der Waals surface area contributed by atoms with E-state index in [0.29, 0.717) is 12.8 Å². The van der Waals surface area contributed by atoms with Gasteiger partial charge in [0.25, 0.3) is 0 Å². The van der Waals surface area contributed by atoms with E-state index in [0.717, 1.165) is 55.2 Å². The molecule has 1 saturated heterocycles. The Morgan fingerprint density at radius 2 is 1.29 bits per heavy atom. The number of unbranched alkanes of at least 4 members (excludes halogenated alkanes) is 18. The zero-order valence-corrected chi connectivity index (χ0v) is 46.8. The molecule has 75 heavy (non-hydrogen) atoms. The summed E-state index contributed by atoms with van der Waals surface area (Å²) in [5.74, 6) is -0.983. The lowest BCUT2D eigenvalue weighted by Crippen LogP contribution is -2.36. The number of aliphatic hydroxyl groups excluding tert-OH is 2. The molecule has 428 valence electrons. The van der Waals surface area contributed by atoms with Crippen molar-refractivity contribution >= 4 is 39.2 Å². The first-order chi connectivity index (χ1) is 35.9. The largest absolute Gasteiger partial charge is 0.481 e. The number of carbonyl (C=O) groups excluding carboxylic acids is 3. The lowest BCUT2D eigenvalue weighted by atomic mass is 10.0. The normalized spacial score (nSPS) is 19.1. The molecule has 2 rings (SSSR count). The number of ether oxygens (including phenoxy) is 3. The van der Waals surface area contributed by atoms with Crippen LogP contribution in [0.2, 0.25) is 0 Å². The standard InChI is InChI=1S/C54H91N3O16P2/c1-4-5-6-7-8-9-10-15-19-22-25-28-31-35-45(58)36-33-38-50(60)71-46(41-68-49(59)37-32-29-26-23-20-17-14-12-11-13-16-18-21-24-27-30-34-44(2)3)42-69-74(64,65)73-75(66,67)70-43-47-51(61)52(62)53(72-47)57-40-39-48(55)56-54(57)63/h8-9,15,19,25,28,31,35,39-40,44,46-47,51-53,61-62H,4-7,10-14,16-18,20-24,26-27,29-30,32-34,36-38,41-43H2,1-3H3,(H,64,65)(H,66,67)(H2,55,56,63)/b9-8-,19-15-,28-25-,35-31+/t46-,47-,51-,52-,53-/m1/s1. The third-order valence-electron chi connectivity index (χ3n) is 12.3. The Morgan fingerprint density at radius 1 is 0.720 bits per heavy atom. The molecular weight excluding hydrogens is 1010 g/mol. The van der Waals surface area contributed by atoms with Crippen LogP contribution in [-0.4, -0.2) is 91.5 Å². The summed E-state index contributed by atoms with van der Waals surface area (Å²) in [7, 11) is -11.0. The first-order valence-electron chi connectivity index (χ1n) is 27.5. The second-order valence-electron chi connectivity index (χ2n) is 19.6. The van der Waals surface area contributed by atoms with E-state index in [-0.39, 0.29) is 37.3 Å². The summed E-state index contributed by atoms with van der Waals surface area (Å²) in [5, 5.41) is 20.9. The molecule has 0 radical (unpaired) electrons. The van der Waals surface area contributed by atoms with Gasteiger partial charge >= 0.3 is 33.3 Å². The van der Waals surface area contributed by atoms with Gasteiger partial charge in [-0.3, -0.25) is 28.0 Å². The van der Waals surface area contributed by atoms with Crippen molar-refractivity contribution in [3.63, 3.8) is 0 Å². The molecule has 21 heteroatoms. The molecule has 1 aliphatic heterocycles. The second-order valence-corrected chi connectivity index (χ2v) is 22.6. The summed E-state index contributed by atoms with van der Waals surface area (Å²) in [5.41, 5.74) is 4.57. The summed E-state index contributed by atoms with van der Waals surface area (Å²) in [6.45, 7) is 4.25. The number of allylic oxidation sites excluding steroid dienone is 8. The minimum Gasteiger partial charge on any atom is -0.462 e. The van der Waals surface area contributed by atoms with Crippen LogP contribution in [0.25, 0.3) is 0 Å². The predicted octanol–water partition coefficient (Wildman–Crippen LogP) is 11.2. The Balaban J connectivity index is 1.82. The predicted molar refractivity (Wildman–Crippen MR) is 289 cm³/mol. The van der Waals surface area contributed by atoms with Gasteiger partial charge in [-0.15, -0.1) is 0 Å². The molecule has 0 saturated carbocycles. The number of nitrogens with zero attached hydrogens (tertiary/aromatic N) is 2. The van der Waals surface area contributed by atoms with Crippen LogP contribution in [0, 0.1) is 5.92 Å². The molecule has 1 aliphatic rings. The molecule has 0 aromatic carbocycles. The van der Waals surface area contributed by atoms with E-state index < -0.39 is 83.7 Å². The molecule has 0 spiro atoms. The van der Waals surface area contributed by atoms with Crippen molar-refractivity contribution < 1.29 is 71.1 Å². The van der Waals surface area contributed by atoms with E-state index in [1.54, 1.807) is 12.2 Å². The third-order valence-corrected chi connectivity index (χ3v) is 14.9. The van der Waals surface area contributed by atoms with Crippen molar-refractivity contribution in [3.8, 4) is 0 Å². The third kappa shape index (κ3) is 34.0. The SMILES string of the molecule is CCCCC/C=C\C/C=C\C/C=C\C=C\C(=O)CCCC(=O)O[C@H](COC(=O)CCCCCCCCCCCCCCCCCCC(C)C)COP(=O)(O)OP(=O)(O)OC[C@H]1O[C@@H](n2ccc(N)nc2=O)[C@H](O)[C@@H]1O. The smallest absolute Gasteiger partial charge is 0.462 e. The van der Waals surface area contributed by atoms with Gasteiger partial charge in [0.2, 0.25) is 0 Å². The van der Waals surface area contributed by atoms with Crippen molar-refractivity contribution in [2.45, 2.75) is 225 Å². The molecule has 0 bridgehead atoms. The maximum atomic E-state index is 12.9.